The summed E-state index contributed by atoms with van der Waals surface area (Å²) in [4.78, 5) is 0. The summed E-state index contributed by atoms with van der Waals surface area (Å²) in [6.45, 7) is 15.1. The van der Waals surface area contributed by atoms with Gasteiger partial charge in [-0.1, -0.05) is 61.3 Å². The first-order chi connectivity index (χ1) is 5.63. The van der Waals surface area contributed by atoms with Gasteiger partial charge < -0.3 is 0 Å². The lowest BCUT2D eigenvalue weighted by atomic mass is 9.83. The lowest BCUT2D eigenvalue weighted by Crippen LogP contribution is -2.13. The summed E-state index contributed by atoms with van der Waals surface area (Å²) in [5, 5.41) is 0. The van der Waals surface area contributed by atoms with Crippen molar-refractivity contribution in [2.45, 2.75) is 67.7 Å². The van der Waals surface area contributed by atoms with E-state index in [0.717, 1.165) is 5.92 Å². The van der Waals surface area contributed by atoms with Gasteiger partial charge in [-0.05, 0) is 17.8 Å². The molecule has 1 aliphatic rings. The quantitative estimate of drug-likeness (QED) is 0.488. The third-order valence-corrected chi connectivity index (χ3v) is 2.79. The van der Waals surface area contributed by atoms with Gasteiger partial charge in [0.1, 0.15) is 0 Å². The minimum Gasteiger partial charge on any atom is -0.0683 e. The van der Waals surface area contributed by atoms with Crippen LogP contribution in [0.2, 0.25) is 0 Å². The van der Waals surface area contributed by atoms with Gasteiger partial charge in [0.25, 0.3) is 0 Å². The summed E-state index contributed by atoms with van der Waals surface area (Å²) >= 11 is 0. The van der Waals surface area contributed by atoms with Crippen molar-refractivity contribution in [1.29, 1.82) is 0 Å². The minimum absolute atomic E-state index is 0.653. The maximum Gasteiger partial charge on any atom is -0.0329 e. The fourth-order valence-electron chi connectivity index (χ4n) is 1.50. The van der Waals surface area contributed by atoms with Crippen molar-refractivity contribution in [3.8, 4) is 0 Å². The van der Waals surface area contributed by atoms with Crippen LogP contribution in [0.4, 0.5) is 0 Å². The van der Waals surface area contributed by atoms with Crippen molar-refractivity contribution in [2.75, 3.05) is 0 Å². The van der Waals surface area contributed by atoms with E-state index in [1.54, 1.807) is 0 Å². The molecule has 1 aliphatic carbocycles. The van der Waals surface area contributed by atoms with Crippen LogP contribution in [-0.4, -0.2) is 0 Å². The van der Waals surface area contributed by atoms with E-state index in [1.807, 2.05) is 27.7 Å². The zero-order chi connectivity index (χ0) is 10.2. The maximum absolute atomic E-state index is 2.38. The Morgan fingerprint density at radius 2 is 1.42 bits per heavy atom. The molecule has 0 heteroatoms. The molecule has 0 bridgehead atoms. The highest BCUT2D eigenvalue weighted by atomic mass is 14.4. The molecular formula is C12H28. The molecule has 1 atom stereocenters. The van der Waals surface area contributed by atoms with Crippen LogP contribution in [0.15, 0.2) is 0 Å². The molecule has 76 valence electrons. The molecule has 1 fully saturated rings. The topological polar surface area (TPSA) is 0 Å². The smallest absolute Gasteiger partial charge is 0.0329 e. The van der Waals surface area contributed by atoms with Crippen molar-refractivity contribution in [1.82, 2.24) is 0 Å². The zero-order valence-electron chi connectivity index (χ0n) is 10.2. The molecule has 1 saturated carbocycles. The second-order valence-corrected chi connectivity index (χ2v) is 3.78. The van der Waals surface area contributed by atoms with Crippen LogP contribution in [0.1, 0.15) is 67.7 Å². The highest BCUT2D eigenvalue weighted by molar-refractivity contribution is 4.81. The van der Waals surface area contributed by atoms with Crippen molar-refractivity contribution >= 4 is 0 Å². The Bertz CT molecular complexity index is 82.0. The summed E-state index contributed by atoms with van der Waals surface area (Å²) in [6, 6.07) is 0. The Balaban J connectivity index is 0. The molecule has 0 amide bonds. The highest BCUT2D eigenvalue weighted by Gasteiger charge is 2.30. The fraction of sp³-hybridized carbons (Fsp3) is 1.00. The van der Waals surface area contributed by atoms with Gasteiger partial charge in [-0.15, -0.1) is 0 Å². The van der Waals surface area contributed by atoms with E-state index in [1.165, 1.54) is 19.3 Å². The second-order valence-electron chi connectivity index (χ2n) is 3.78. The molecule has 0 aromatic carbocycles. The highest BCUT2D eigenvalue weighted by Crippen LogP contribution is 2.41. The van der Waals surface area contributed by atoms with Crippen LogP contribution < -0.4 is 0 Å². The molecule has 0 saturated heterocycles. The van der Waals surface area contributed by atoms with Crippen molar-refractivity contribution in [2.24, 2.45) is 11.3 Å². The van der Waals surface area contributed by atoms with Crippen LogP contribution in [0, 0.1) is 11.3 Å². The van der Waals surface area contributed by atoms with Gasteiger partial charge in [-0.2, -0.15) is 0 Å². The van der Waals surface area contributed by atoms with E-state index in [2.05, 4.69) is 20.8 Å². The second kappa shape index (κ2) is 7.64. The molecule has 1 rings (SSSR count). The Morgan fingerprint density at radius 3 is 1.50 bits per heavy atom. The molecule has 0 spiro atoms. The predicted octanol–water partition coefficient (Wildman–Crippen LogP) is 4.89. The van der Waals surface area contributed by atoms with Gasteiger partial charge in [-0.25, -0.2) is 0 Å². The van der Waals surface area contributed by atoms with Crippen molar-refractivity contribution < 1.29 is 0 Å². The van der Waals surface area contributed by atoms with E-state index in [-0.39, 0.29) is 0 Å². The number of hydrogen-bond donors (Lipinski definition) is 0. The average molecular weight is 172 g/mol. The molecule has 0 aliphatic heterocycles. The molecule has 0 nitrogen and oxygen atoms in total. The SMILES string of the molecule is CC.CC.C[C@H]1CCCC1(C)C. The summed E-state index contributed by atoms with van der Waals surface area (Å²) in [7, 11) is 0. The van der Waals surface area contributed by atoms with Gasteiger partial charge in [-0.3, -0.25) is 0 Å². The summed E-state index contributed by atoms with van der Waals surface area (Å²) in [5.74, 6) is 0.961. The van der Waals surface area contributed by atoms with Crippen LogP contribution in [0.3, 0.4) is 0 Å². The standard InChI is InChI=1S/C8H16.2C2H6/c1-7-5-4-6-8(7,2)3;2*1-2/h7H,4-6H2,1-3H3;2*1-2H3/t7-;;/m0../s1. The number of rotatable bonds is 0. The van der Waals surface area contributed by atoms with Crippen LogP contribution in [0.5, 0.6) is 0 Å². The maximum atomic E-state index is 2.38. The monoisotopic (exact) mass is 172 g/mol. The van der Waals surface area contributed by atoms with Crippen LogP contribution >= 0.6 is 0 Å². The van der Waals surface area contributed by atoms with Gasteiger partial charge in [0.05, 0.1) is 0 Å². The third kappa shape index (κ3) is 4.79. The first kappa shape index (κ1) is 14.5. The molecule has 0 aromatic heterocycles. The molecule has 0 heterocycles. The third-order valence-electron chi connectivity index (χ3n) is 2.79. The lowest BCUT2D eigenvalue weighted by molar-refractivity contribution is 0.281. The molecule has 0 radical (unpaired) electrons. The van der Waals surface area contributed by atoms with E-state index < -0.39 is 0 Å². The molecule has 0 aromatic rings. The Hall–Kier alpha value is 0. The van der Waals surface area contributed by atoms with Gasteiger partial charge in [0.15, 0.2) is 0 Å². The van der Waals surface area contributed by atoms with Crippen molar-refractivity contribution in [3.05, 3.63) is 0 Å². The predicted molar refractivity (Wildman–Crippen MR) is 59.5 cm³/mol. The van der Waals surface area contributed by atoms with E-state index >= 15 is 0 Å². The summed E-state index contributed by atoms with van der Waals surface area (Å²) < 4.78 is 0. The van der Waals surface area contributed by atoms with E-state index in [0.29, 0.717) is 5.41 Å². The first-order valence-corrected chi connectivity index (χ1v) is 5.63. The van der Waals surface area contributed by atoms with E-state index in [9.17, 15) is 0 Å². The van der Waals surface area contributed by atoms with Crippen molar-refractivity contribution in [3.63, 3.8) is 0 Å². The Labute approximate surface area is 79.8 Å². The van der Waals surface area contributed by atoms with Crippen LogP contribution in [-0.2, 0) is 0 Å². The summed E-state index contributed by atoms with van der Waals surface area (Å²) in [5.41, 5.74) is 0.653. The van der Waals surface area contributed by atoms with Gasteiger partial charge >= 0.3 is 0 Å². The molecule has 12 heavy (non-hydrogen) atoms. The van der Waals surface area contributed by atoms with Gasteiger partial charge in [0.2, 0.25) is 0 Å². The Kier molecular flexibility index (Phi) is 9.24. The normalized spacial score (nSPS) is 24.8. The van der Waals surface area contributed by atoms with E-state index in [4.69, 9.17) is 0 Å². The zero-order valence-corrected chi connectivity index (χ0v) is 10.2. The average Bonchev–Trinajstić information content (AvgIpc) is 2.38. The Morgan fingerprint density at radius 1 is 1.00 bits per heavy atom. The summed E-state index contributed by atoms with van der Waals surface area (Å²) in [6.07, 6.45) is 4.34. The first-order valence-electron chi connectivity index (χ1n) is 5.63. The number of hydrogen-bond acceptors (Lipinski definition) is 0. The lowest BCUT2D eigenvalue weighted by Gasteiger charge is -2.22. The molecule has 0 N–H and O–H groups in total. The minimum atomic E-state index is 0.653. The molecule has 0 unspecified atom stereocenters. The van der Waals surface area contributed by atoms with Gasteiger partial charge in [0, 0.05) is 0 Å². The molecular weight excluding hydrogens is 144 g/mol. The van der Waals surface area contributed by atoms with Crippen LogP contribution in [0.25, 0.3) is 0 Å². The fourth-order valence-corrected chi connectivity index (χ4v) is 1.50. The largest absolute Gasteiger partial charge is 0.0683 e.